The van der Waals surface area contributed by atoms with Crippen molar-refractivity contribution in [1.82, 2.24) is 0 Å². The second-order valence-electron chi connectivity index (χ2n) is 6.13. The third-order valence-electron chi connectivity index (χ3n) is 4.93. The van der Waals surface area contributed by atoms with Crippen LogP contribution in [0.5, 0.6) is 11.5 Å². The molecule has 0 saturated heterocycles. The molecule has 2 saturated carbocycles. The summed E-state index contributed by atoms with van der Waals surface area (Å²) in [7, 11) is 1.61. The van der Waals surface area contributed by atoms with Gasteiger partial charge in [0.15, 0.2) is 11.5 Å². The van der Waals surface area contributed by atoms with Crippen molar-refractivity contribution in [2.75, 3.05) is 7.11 Å². The van der Waals surface area contributed by atoms with Gasteiger partial charge in [-0.1, -0.05) is 12.5 Å². The Morgan fingerprint density at radius 3 is 2.43 bits per heavy atom. The van der Waals surface area contributed by atoms with Crippen LogP contribution in [0, 0.1) is 0 Å². The molecule has 1 aromatic rings. The molecule has 0 heterocycles. The summed E-state index contributed by atoms with van der Waals surface area (Å²) in [6.45, 7) is 0. The van der Waals surface area contributed by atoms with Crippen molar-refractivity contribution in [3.05, 3.63) is 23.8 Å². The van der Waals surface area contributed by atoms with Crippen LogP contribution in [-0.2, 0) is 10.2 Å². The van der Waals surface area contributed by atoms with Crippen LogP contribution < -0.4 is 9.47 Å². The van der Waals surface area contributed by atoms with Gasteiger partial charge in [-0.15, -0.1) is 0 Å². The highest BCUT2D eigenvalue weighted by Crippen LogP contribution is 2.46. The van der Waals surface area contributed by atoms with Crippen LogP contribution in [0.2, 0.25) is 0 Å². The van der Waals surface area contributed by atoms with E-state index >= 15 is 0 Å². The number of aliphatic carboxylic acids is 1. The maximum Gasteiger partial charge on any atom is 0.314 e. The van der Waals surface area contributed by atoms with Crippen LogP contribution in [0.15, 0.2) is 18.2 Å². The highest BCUT2D eigenvalue weighted by Gasteiger charge is 2.46. The zero-order valence-electron chi connectivity index (χ0n) is 12.4. The Morgan fingerprint density at radius 1 is 1.19 bits per heavy atom. The van der Waals surface area contributed by atoms with Gasteiger partial charge in [0.2, 0.25) is 0 Å². The third kappa shape index (κ3) is 2.47. The highest BCUT2D eigenvalue weighted by molar-refractivity contribution is 5.83. The Bertz CT molecular complexity index is 528. The van der Waals surface area contributed by atoms with Crippen molar-refractivity contribution in [2.24, 2.45) is 0 Å². The molecule has 0 amide bonds. The van der Waals surface area contributed by atoms with Crippen LogP contribution in [0.1, 0.15) is 50.5 Å². The SMILES string of the molecule is COc1cc(C2(C(=O)O)CCC2)ccc1OC1CCCC1. The molecule has 4 nitrogen and oxygen atoms in total. The van der Waals surface area contributed by atoms with Crippen LogP contribution in [-0.4, -0.2) is 24.3 Å². The van der Waals surface area contributed by atoms with E-state index in [4.69, 9.17) is 9.47 Å². The summed E-state index contributed by atoms with van der Waals surface area (Å²) in [6.07, 6.45) is 7.24. The molecule has 2 aliphatic rings. The van der Waals surface area contributed by atoms with Gasteiger partial charge in [-0.3, -0.25) is 4.79 Å². The Balaban J connectivity index is 1.86. The van der Waals surface area contributed by atoms with Gasteiger partial charge in [-0.2, -0.15) is 0 Å². The lowest BCUT2D eigenvalue weighted by molar-refractivity contribution is -0.147. The topological polar surface area (TPSA) is 55.8 Å². The first-order chi connectivity index (χ1) is 10.2. The summed E-state index contributed by atoms with van der Waals surface area (Å²) < 4.78 is 11.4. The van der Waals surface area contributed by atoms with E-state index in [2.05, 4.69) is 0 Å². The highest BCUT2D eigenvalue weighted by atomic mass is 16.5. The molecule has 3 rings (SSSR count). The molecule has 2 aliphatic carbocycles. The lowest BCUT2D eigenvalue weighted by Crippen LogP contribution is -2.42. The van der Waals surface area contributed by atoms with Crippen molar-refractivity contribution in [3.63, 3.8) is 0 Å². The lowest BCUT2D eigenvalue weighted by atomic mass is 9.64. The molecule has 0 bridgehead atoms. The first-order valence-electron chi connectivity index (χ1n) is 7.74. The molecular weight excluding hydrogens is 268 g/mol. The molecule has 4 heteroatoms. The van der Waals surface area contributed by atoms with Crippen LogP contribution >= 0.6 is 0 Å². The van der Waals surface area contributed by atoms with E-state index in [1.807, 2.05) is 18.2 Å². The fraction of sp³-hybridized carbons (Fsp3) is 0.588. The first kappa shape index (κ1) is 14.2. The number of methoxy groups -OCH3 is 1. The van der Waals surface area contributed by atoms with E-state index in [0.717, 1.165) is 30.6 Å². The zero-order chi connectivity index (χ0) is 14.9. The minimum absolute atomic E-state index is 0.266. The number of hydrogen-bond acceptors (Lipinski definition) is 3. The minimum atomic E-state index is -0.736. The molecule has 1 aromatic carbocycles. The number of carboxylic acids is 1. The molecule has 0 radical (unpaired) electrons. The molecule has 0 aliphatic heterocycles. The fourth-order valence-corrected chi connectivity index (χ4v) is 3.40. The number of rotatable bonds is 5. The number of ether oxygens (including phenoxy) is 2. The number of benzene rings is 1. The predicted molar refractivity (Wildman–Crippen MR) is 79.0 cm³/mol. The zero-order valence-corrected chi connectivity index (χ0v) is 12.4. The molecule has 114 valence electrons. The Morgan fingerprint density at radius 2 is 1.90 bits per heavy atom. The average Bonchev–Trinajstić information content (AvgIpc) is 2.91. The van der Waals surface area contributed by atoms with E-state index < -0.39 is 11.4 Å². The van der Waals surface area contributed by atoms with E-state index in [1.165, 1.54) is 12.8 Å². The van der Waals surface area contributed by atoms with Gasteiger partial charge in [-0.05, 0) is 56.2 Å². The number of carboxylic acid groups (broad SMARTS) is 1. The second kappa shape index (κ2) is 5.58. The Kier molecular flexibility index (Phi) is 3.79. The van der Waals surface area contributed by atoms with E-state index in [-0.39, 0.29) is 6.10 Å². The van der Waals surface area contributed by atoms with Gasteiger partial charge in [0.25, 0.3) is 0 Å². The maximum atomic E-state index is 11.6. The van der Waals surface area contributed by atoms with Crippen molar-refractivity contribution < 1.29 is 19.4 Å². The van der Waals surface area contributed by atoms with Gasteiger partial charge in [-0.25, -0.2) is 0 Å². The van der Waals surface area contributed by atoms with Gasteiger partial charge >= 0.3 is 5.97 Å². The van der Waals surface area contributed by atoms with Crippen molar-refractivity contribution in [3.8, 4) is 11.5 Å². The first-order valence-corrected chi connectivity index (χ1v) is 7.74. The monoisotopic (exact) mass is 290 g/mol. The molecular formula is C17H22O4. The molecule has 0 atom stereocenters. The third-order valence-corrected chi connectivity index (χ3v) is 4.93. The van der Waals surface area contributed by atoms with Gasteiger partial charge in [0.1, 0.15) is 0 Å². The van der Waals surface area contributed by atoms with Crippen molar-refractivity contribution in [2.45, 2.75) is 56.5 Å². The van der Waals surface area contributed by atoms with Crippen molar-refractivity contribution in [1.29, 1.82) is 0 Å². The smallest absolute Gasteiger partial charge is 0.314 e. The van der Waals surface area contributed by atoms with E-state index in [9.17, 15) is 9.90 Å². The molecule has 0 aromatic heterocycles. The van der Waals surface area contributed by atoms with Crippen molar-refractivity contribution >= 4 is 5.97 Å². The molecule has 1 N–H and O–H groups in total. The Labute approximate surface area is 125 Å². The summed E-state index contributed by atoms with van der Waals surface area (Å²) in [5, 5.41) is 9.53. The maximum absolute atomic E-state index is 11.6. The number of hydrogen-bond donors (Lipinski definition) is 1. The minimum Gasteiger partial charge on any atom is -0.493 e. The summed E-state index contributed by atoms with van der Waals surface area (Å²) in [6, 6.07) is 5.60. The molecule has 21 heavy (non-hydrogen) atoms. The standard InChI is InChI=1S/C17H22O4/c1-20-15-11-12(17(16(18)19)9-4-10-17)7-8-14(15)21-13-5-2-3-6-13/h7-8,11,13H,2-6,9-10H2,1H3,(H,18,19). The largest absolute Gasteiger partial charge is 0.493 e. The second-order valence-corrected chi connectivity index (χ2v) is 6.13. The van der Waals surface area contributed by atoms with Crippen LogP contribution in [0.25, 0.3) is 0 Å². The molecule has 0 unspecified atom stereocenters. The molecule has 2 fully saturated rings. The molecule has 0 spiro atoms. The quantitative estimate of drug-likeness (QED) is 0.901. The average molecular weight is 290 g/mol. The van der Waals surface area contributed by atoms with Gasteiger partial charge in [0, 0.05) is 0 Å². The fourth-order valence-electron chi connectivity index (χ4n) is 3.40. The van der Waals surface area contributed by atoms with E-state index in [1.54, 1.807) is 7.11 Å². The predicted octanol–water partition coefficient (Wildman–Crippen LogP) is 3.52. The summed E-state index contributed by atoms with van der Waals surface area (Å²) in [5.74, 6) is 0.639. The summed E-state index contributed by atoms with van der Waals surface area (Å²) >= 11 is 0. The normalized spacial score (nSPS) is 20.8. The van der Waals surface area contributed by atoms with Crippen LogP contribution in [0.4, 0.5) is 0 Å². The van der Waals surface area contributed by atoms with Gasteiger partial charge in [0.05, 0.1) is 18.6 Å². The lowest BCUT2D eigenvalue weighted by Gasteiger charge is -2.38. The van der Waals surface area contributed by atoms with Crippen LogP contribution in [0.3, 0.4) is 0 Å². The Hall–Kier alpha value is -1.71. The summed E-state index contributed by atoms with van der Waals surface area (Å²) in [4.78, 5) is 11.6. The van der Waals surface area contributed by atoms with E-state index in [0.29, 0.717) is 18.6 Å². The summed E-state index contributed by atoms with van der Waals surface area (Å²) in [5.41, 5.74) is 0.107. The van der Waals surface area contributed by atoms with Gasteiger partial charge < -0.3 is 14.6 Å². The number of carbonyl (C=O) groups is 1.